The fourth-order valence-electron chi connectivity index (χ4n) is 5.37. The van der Waals surface area contributed by atoms with E-state index in [0.29, 0.717) is 5.69 Å². The number of aryl methyl sites for hydroxylation is 1. The lowest BCUT2D eigenvalue weighted by molar-refractivity contribution is -0.384. The lowest BCUT2D eigenvalue weighted by Crippen LogP contribution is -2.46. The average molecular weight is 591 g/mol. The van der Waals surface area contributed by atoms with Gasteiger partial charge in [0.15, 0.2) is 0 Å². The molecule has 214 valence electrons. The lowest BCUT2D eigenvalue weighted by Gasteiger charge is -2.33. The minimum atomic E-state index is -1.06. The number of anilines is 1. The van der Waals surface area contributed by atoms with E-state index in [1.165, 1.54) is 29.2 Å². The van der Waals surface area contributed by atoms with Gasteiger partial charge in [-0.05, 0) is 73.5 Å². The molecule has 2 heterocycles. The molecule has 0 radical (unpaired) electrons. The van der Waals surface area contributed by atoms with Crippen LogP contribution in [0.15, 0.2) is 97.1 Å². The third-order valence-corrected chi connectivity index (χ3v) is 8.70. The number of non-ortho nitro benzene ring substituents is 1. The molecule has 9 nitrogen and oxygen atoms in total. The smallest absolute Gasteiger partial charge is 0.269 e. The molecule has 43 heavy (non-hydrogen) atoms. The first-order valence-corrected chi connectivity index (χ1v) is 14.5. The lowest BCUT2D eigenvalue weighted by atomic mass is 10.0. The van der Waals surface area contributed by atoms with Crippen LogP contribution in [0.4, 0.5) is 11.4 Å². The Morgan fingerprint density at radius 2 is 1.70 bits per heavy atom. The molecular weight excluding hydrogens is 564 g/mol. The molecule has 1 aromatic heterocycles. The van der Waals surface area contributed by atoms with E-state index in [-0.39, 0.29) is 17.7 Å². The Morgan fingerprint density at radius 3 is 2.37 bits per heavy atom. The molecule has 0 aliphatic carbocycles. The zero-order chi connectivity index (χ0) is 30.2. The molecule has 1 aliphatic heterocycles. The van der Waals surface area contributed by atoms with Gasteiger partial charge in [0.1, 0.15) is 11.0 Å². The van der Waals surface area contributed by atoms with Gasteiger partial charge in [-0.25, -0.2) is 9.88 Å². The SMILES string of the molecule is Cc1ccc2nc(-c3ccc(N4C(=O)CC(N(C(=O)c5ccc([N+](=O)[O-])cc5)C(C)c5ccccc5)C4=O)cc3)sc2c1. The third kappa shape index (κ3) is 5.28. The van der Waals surface area contributed by atoms with Gasteiger partial charge in [-0.3, -0.25) is 24.5 Å². The molecule has 2 atom stereocenters. The van der Waals surface area contributed by atoms with Gasteiger partial charge in [-0.2, -0.15) is 0 Å². The molecule has 4 aromatic carbocycles. The topological polar surface area (TPSA) is 114 Å². The number of rotatable bonds is 7. The Kier molecular flexibility index (Phi) is 7.29. The third-order valence-electron chi connectivity index (χ3n) is 7.63. The maximum absolute atomic E-state index is 13.9. The second kappa shape index (κ2) is 11.2. The predicted octanol–water partition coefficient (Wildman–Crippen LogP) is 6.72. The van der Waals surface area contributed by atoms with Crippen molar-refractivity contribution >= 4 is 50.6 Å². The molecule has 1 fully saturated rings. The minimum Gasteiger partial charge on any atom is -0.319 e. The van der Waals surface area contributed by atoms with Crippen molar-refractivity contribution in [2.75, 3.05) is 4.90 Å². The number of fused-ring (bicyclic) bond motifs is 1. The largest absolute Gasteiger partial charge is 0.319 e. The average Bonchev–Trinajstić information content (AvgIpc) is 3.57. The molecule has 1 saturated heterocycles. The number of nitro benzene ring substituents is 1. The second-order valence-corrected chi connectivity index (χ2v) is 11.5. The summed E-state index contributed by atoms with van der Waals surface area (Å²) in [6, 6.07) is 26.0. The molecule has 6 rings (SSSR count). The van der Waals surface area contributed by atoms with Crippen LogP contribution in [-0.4, -0.2) is 38.6 Å². The molecular formula is C33H26N4O5S. The maximum atomic E-state index is 13.9. The van der Waals surface area contributed by atoms with Crippen LogP contribution in [0.1, 0.15) is 40.9 Å². The van der Waals surface area contributed by atoms with E-state index in [1.807, 2.05) is 61.5 Å². The molecule has 1 aliphatic rings. The number of nitrogens with zero attached hydrogens (tertiary/aromatic N) is 4. The Hall–Kier alpha value is -5.22. The Labute approximate surface area is 251 Å². The Balaban J connectivity index is 1.30. The number of aromatic nitrogens is 1. The molecule has 0 bridgehead atoms. The number of carbonyl (C=O) groups excluding carboxylic acids is 3. The van der Waals surface area contributed by atoms with Crippen molar-refractivity contribution in [2.45, 2.75) is 32.4 Å². The fourth-order valence-corrected chi connectivity index (χ4v) is 6.44. The molecule has 0 saturated carbocycles. The van der Waals surface area contributed by atoms with Gasteiger partial charge in [-0.15, -0.1) is 11.3 Å². The van der Waals surface area contributed by atoms with Crippen LogP contribution in [0.25, 0.3) is 20.8 Å². The van der Waals surface area contributed by atoms with Crippen molar-refractivity contribution in [3.05, 3.63) is 124 Å². The van der Waals surface area contributed by atoms with Crippen molar-refractivity contribution in [2.24, 2.45) is 0 Å². The van der Waals surface area contributed by atoms with Crippen molar-refractivity contribution < 1.29 is 19.3 Å². The van der Waals surface area contributed by atoms with Crippen LogP contribution in [0.2, 0.25) is 0 Å². The van der Waals surface area contributed by atoms with Gasteiger partial charge in [-0.1, -0.05) is 36.4 Å². The number of carbonyl (C=O) groups is 3. The van der Waals surface area contributed by atoms with E-state index >= 15 is 0 Å². The van der Waals surface area contributed by atoms with Crippen molar-refractivity contribution in [3.8, 4) is 10.6 Å². The second-order valence-electron chi connectivity index (χ2n) is 10.4. The molecule has 3 amide bonds. The van der Waals surface area contributed by atoms with Crippen LogP contribution < -0.4 is 4.90 Å². The van der Waals surface area contributed by atoms with Crippen LogP contribution >= 0.6 is 11.3 Å². The van der Waals surface area contributed by atoms with Gasteiger partial charge < -0.3 is 4.90 Å². The first-order valence-electron chi connectivity index (χ1n) is 13.7. The molecule has 2 unspecified atom stereocenters. The molecule has 5 aromatic rings. The summed E-state index contributed by atoms with van der Waals surface area (Å²) in [7, 11) is 0. The van der Waals surface area contributed by atoms with E-state index in [2.05, 4.69) is 6.07 Å². The summed E-state index contributed by atoms with van der Waals surface area (Å²) in [4.78, 5) is 59.0. The van der Waals surface area contributed by atoms with Crippen LogP contribution in [0.5, 0.6) is 0 Å². The van der Waals surface area contributed by atoms with Gasteiger partial charge in [0.2, 0.25) is 5.91 Å². The zero-order valence-corrected chi connectivity index (χ0v) is 24.2. The van der Waals surface area contributed by atoms with Gasteiger partial charge in [0.05, 0.1) is 33.3 Å². The fraction of sp³-hybridized carbons (Fsp3) is 0.152. The number of amides is 3. The summed E-state index contributed by atoms with van der Waals surface area (Å²) in [5.41, 5.74) is 4.16. The van der Waals surface area contributed by atoms with Gasteiger partial charge >= 0.3 is 0 Å². The van der Waals surface area contributed by atoms with Crippen LogP contribution in [0.3, 0.4) is 0 Å². The summed E-state index contributed by atoms with van der Waals surface area (Å²) in [6.07, 6.45) is -0.187. The first kappa shape index (κ1) is 27.9. The number of hydrogen-bond donors (Lipinski definition) is 0. The Morgan fingerprint density at radius 1 is 1.00 bits per heavy atom. The standard InChI is InChI=1S/C33H26N4O5S/c1-20-8-17-27-29(18-20)43-31(34-27)23-9-13-25(14-10-23)36-30(38)19-28(33(36)40)35(21(2)22-6-4-3-5-7-22)32(39)24-11-15-26(16-12-24)37(41)42/h3-18,21,28H,19H2,1-2H3. The van der Waals surface area contributed by atoms with E-state index < -0.39 is 34.7 Å². The number of nitro groups is 1. The summed E-state index contributed by atoms with van der Waals surface area (Å²) in [5, 5.41) is 12.0. The minimum absolute atomic E-state index is 0.151. The Bertz CT molecular complexity index is 1870. The summed E-state index contributed by atoms with van der Waals surface area (Å²) in [5.74, 6) is -1.42. The highest BCUT2D eigenvalue weighted by Gasteiger charge is 2.46. The highest BCUT2D eigenvalue weighted by molar-refractivity contribution is 7.21. The summed E-state index contributed by atoms with van der Waals surface area (Å²) >= 11 is 1.57. The van der Waals surface area contributed by atoms with Crippen molar-refractivity contribution in [1.82, 2.24) is 9.88 Å². The predicted molar refractivity (Wildman–Crippen MR) is 165 cm³/mol. The zero-order valence-electron chi connectivity index (χ0n) is 23.3. The molecule has 10 heteroatoms. The quantitative estimate of drug-likeness (QED) is 0.118. The first-order chi connectivity index (χ1) is 20.7. The molecule has 0 spiro atoms. The van der Waals surface area contributed by atoms with Gasteiger partial charge in [0.25, 0.3) is 17.5 Å². The summed E-state index contributed by atoms with van der Waals surface area (Å²) in [6.45, 7) is 3.83. The van der Waals surface area contributed by atoms with Crippen molar-refractivity contribution in [1.29, 1.82) is 0 Å². The van der Waals surface area contributed by atoms with Crippen LogP contribution in [0, 0.1) is 17.0 Å². The monoisotopic (exact) mass is 590 g/mol. The number of hydrogen-bond acceptors (Lipinski definition) is 7. The highest BCUT2D eigenvalue weighted by atomic mass is 32.1. The van der Waals surface area contributed by atoms with Gasteiger partial charge in [0, 0.05) is 23.3 Å². The highest BCUT2D eigenvalue weighted by Crippen LogP contribution is 2.35. The summed E-state index contributed by atoms with van der Waals surface area (Å²) < 4.78 is 1.08. The van der Waals surface area contributed by atoms with E-state index in [9.17, 15) is 24.5 Å². The van der Waals surface area contributed by atoms with Crippen LogP contribution in [-0.2, 0) is 9.59 Å². The number of imide groups is 1. The van der Waals surface area contributed by atoms with E-state index in [4.69, 9.17) is 4.98 Å². The molecule has 0 N–H and O–H groups in total. The normalized spacial score (nSPS) is 15.6. The van der Waals surface area contributed by atoms with Crippen molar-refractivity contribution in [3.63, 3.8) is 0 Å². The number of benzene rings is 4. The number of thiazole rings is 1. The van der Waals surface area contributed by atoms with E-state index in [1.54, 1.807) is 30.4 Å². The van der Waals surface area contributed by atoms with E-state index in [0.717, 1.165) is 36.8 Å². The maximum Gasteiger partial charge on any atom is 0.269 e.